The summed E-state index contributed by atoms with van der Waals surface area (Å²) in [6.07, 6.45) is 2.43. The summed E-state index contributed by atoms with van der Waals surface area (Å²) in [5.41, 5.74) is 5.78. The number of hydrogen-bond acceptors (Lipinski definition) is 5. The molecule has 1 aliphatic rings. The van der Waals surface area contributed by atoms with Crippen LogP contribution in [0.1, 0.15) is 36.7 Å². The minimum Gasteiger partial charge on any atom is -0.464 e. The average molecular weight is 266 g/mol. The second-order valence-corrected chi connectivity index (χ2v) is 4.47. The van der Waals surface area contributed by atoms with Gasteiger partial charge in [-0.05, 0) is 26.2 Å². The maximum Gasteiger partial charge on any atom is 0.328 e. The molecule has 2 heterocycles. The van der Waals surface area contributed by atoms with Crippen molar-refractivity contribution in [3.63, 3.8) is 0 Å². The van der Waals surface area contributed by atoms with Gasteiger partial charge in [-0.15, -0.1) is 0 Å². The van der Waals surface area contributed by atoms with Crippen LogP contribution in [-0.2, 0) is 9.53 Å². The molecule has 1 saturated heterocycles. The number of piperidine rings is 1. The van der Waals surface area contributed by atoms with Crippen molar-refractivity contribution in [1.29, 1.82) is 0 Å². The summed E-state index contributed by atoms with van der Waals surface area (Å²) in [6.45, 7) is 2.61. The number of aromatic amines is 1. The van der Waals surface area contributed by atoms with E-state index in [9.17, 15) is 9.59 Å². The molecule has 0 aromatic carbocycles. The maximum atomic E-state index is 12.3. The van der Waals surface area contributed by atoms with E-state index >= 15 is 0 Å². The Morgan fingerprint density at radius 3 is 3.00 bits per heavy atom. The van der Waals surface area contributed by atoms with E-state index in [1.165, 1.54) is 11.0 Å². The number of carbonyl (C=O) groups is 2. The Labute approximate surface area is 111 Å². The van der Waals surface area contributed by atoms with Crippen molar-refractivity contribution in [3.05, 3.63) is 11.8 Å². The number of aromatic nitrogens is 2. The van der Waals surface area contributed by atoms with Gasteiger partial charge in [0.05, 0.1) is 6.61 Å². The Bertz CT molecular complexity index is 471. The molecule has 0 spiro atoms. The molecular weight excluding hydrogens is 248 g/mol. The molecule has 1 unspecified atom stereocenters. The molecule has 0 radical (unpaired) electrons. The van der Waals surface area contributed by atoms with Crippen LogP contribution in [0.5, 0.6) is 0 Å². The molecule has 0 aliphatic carbocycles. The van der Waals surface area contributed by atoms with E-state index in [0.717, 1.165) is 12.8 Å². The average Bonchev–Trinajstić information content (AvgIpc) is 2.85. The van der Waals surface area contributed by atoms with Gasteiger partial charge >= 0.3 is 5.97 Å². The van der Waals surface area contributed by atoms with Crippen molar-refractivity contribution < 1.29 is 14.3 Å². The fraction of sp³-hybridized carbons (Fsp3) is 0.583. The highest BCUT2D eigenvalue weighted by atomic mass is 16.5. The lowest BCUT2D eigenvalue weighted by Crippen LogP contribution is -2.48. The van der Waals surface area contributed by atoms with Gasteiger partial charge in [-0.25, -0.2) is 4.79 Å². The molecule has 3 N–H and O–H groups in total. The van der Waals surface area contributed by atoms with Crippen LogP contribution in [0.3, 0.4) is 0 Å². The van der Waals surface area contributed by atoms with Crippen LogP contribution in [0.4, 0.5) is 5.82 Å². The van der Waals surface area contributed by atoms with Crippen LogP contribution < -0.4 is 5.73 Å². The number of amides is 1. The summed E-state index contributed by atoms with van der Waals surface area (Å²) in [4.78, 5) is 25.7. The van der Waals surface area contributed by atoms with E-state index in [1.54, 1.807) is 6.92 Å². The van der Waals surface area contributed by atoms with Crippen LogP contribution in [-0.4, -0.2) is 46.2 Å². The predicted octanol–water partition coefficient (Wildman–Crippen LogP) is 0.550. The topological polar surface area (TPSA) is 101 Å². The standard InChI is InChI=1S/C12H18N4O3/c1-2-19-12(18)9-5-3-4-6-16(9)11(17)8-7-10(13)15-14-8/h7,9H,2-6H2,1H3,(H3,13,14,15). The van der Waals surface area contributed by atoms with Crippen molar-refractivity contribution in [3.8, 4) is 0 Å². The summed E-state index contributed by atoms with van der Waals surface area (Å²) in [7, 11) is 0. The molecular formula is C12H18N4O3. The number of esters is 1. The molecule has 1 amide bonds. The van der Waals surface area contributed by atoms with E-state index in [-0.39, 0.29) is 17.7 Å². The minimum absolute atomic E-state index is 0.257. The number of ether oxygens (including phenoxy) is 1. The first-order valence-corrected chi connectivity index (χ1v) is 6.42. The zero-order valence-electron chi connectivity index (χ0n) is 10.9. The first kappa shape index (κ1) is 13.4. The third-order valence-corrected chi connectivity index (χ3v) is 3.15. The lowest BCUT2D eigenvalue weighted by Gasteiger charge is -2.33. The van der Waals surface area contributed by atoms with Gasteiger partial charge in [0.15, 0.2) is 0 Å². The van der Waals surface area contributed by atoms with Crippen molar-refractivity contribution in [1.82, 2.24) is 15.1 Å². The van der Waals surface area contributed by atoms with E-state index in [0.29, 0.717) is 25.3 Å². The predicted molar refractivity (Wildman–Crippen MR) is 68.3 cm³/mol. The molecule has 1 aromatic rings. The van der Waals surface area contributed by atoms with Gasteiger partial charge in [0.2, 0.25) is 0 Å². The summed E-state index contributed by atoms with van der Waals surface area (Å²) in [6, 6.07) is 0.963. The van der Waals surface area contributed by atoms with E-state index in [2.05, 4.69) is 10.2 Å². The lowest BCUT2D eigenvalue weighted by molar-refractivity contribution is -0.149. The highest BCUT2D eigenvalue weighted by Gasteiger charge is 2.34. The number of H-pyrrole nitrogens is 1. The summed E-state index contributed by atoms with van der Waals surface area (Å²) in [5.74, 6) is -0.349. The Kier molecular flexibility index (Phi) is 4.03. The molecule has 104 valence electrons. The number of nitrogen functional groups attached to an aromatic ring is 1. The minimum atomic E-state index is -0.509. The Morgan fingerprint density at radius 1 is 1.58 bits per heavy atom. The van der Waals surface area contributed by atoms with E-state index in [1.807, 2.05) is 0 Å². The molecule has 1 atom stereocenters. The van der Waals surface area contributed by atoms with Crippen molar-refractivity contribution in [2.24, 2.45) is 0 Å². The fourth-order valence-corrected chi connectivity index (χ4v) is 2.26. The van der Waals surface area contributed by atoms with Crippen molar-refractivity contribution in [2.75, 3.05) is 18.9 Å². The third kappa shape index (κ3) is 2.86. The Hall–Kier alpha value is -2.05. The molecule has 1 aliphatic heterocycles. The zero-order chi connectivity index (χ0) is 13.8. The normalized spacial score (nSPS) is 19.2. The highest BCUT2D eigenvalue weighted by Crippen LogP contribution is 2.20. The molecule has 1 fully saturated rings. The molecule has 19 heavy (non-hydrogen) atoms. The van der Waals surface area contributed by atoms with Crippen LogP contribution in [0.25, 0.3) is 0 Å². The summed E-state index contributed by atoms with van der Waals surface area (Å²) < 4.78 is 5.02. The number of nitrogens with two attached hydrogens (primary N) is 1. The number of nitrogens with zero attached hydrogens (tertiary/aromatic N) is 2. The van der Waals surface area contributed by atoms with Gasteiger partial charge in [-0.2, -0.15) is 5.10 Å². The summed E-state index contributed by atoms with van der Waals surface area (Å²) >= 11 is 0. The fourth-order valence-electron chi connectivity index (χ4n) is 2.26. The number of rotatable bonds is 3. The lowest BCUT2D eigenvalue weighted by atomic mass is 10.0. The molecule has 2 rings (SSSR count). The number of anilines is 1. The van der Waals surface area contributed by atoms with E-state index < -0.39 is 6.04 Å². The van der Waals surface area contributed by atoms with Crippen LogP contribution in [0.2, 0.25) is 0 Å². The van der Waals surface area contributed by atoms with Crippen LogP contribution in [0.15, 0.2) is 6.07 Å². The van der Waals surface area contributed by atoms with Gasteiger partial charge in [-0.1, -0.05) is 0 Å². The number of carbonyl (C=O) groups excluding carboxylic acids is 2. The Balaban J connectivity index is 2.15. The van der Waals surface area contributed by atoms with Gasteiger partial charge in [0.1, 0.15) is 17.6 Å². The first-order valence-electron chi connectivity index (χ1n) is 6.42. The smallest absolute Gasteiger partial charge is 0.328 e. The summed E-state index contributed by atoms with van der Waals surface area (Å²) in [5, 5.41) is 6.30. The zero-order valence-corrected chi connectivity index (χ0v) is 10.9. The largest absolute Gasteiger partial charge is 0.464 e. The highest BCUT2D eigenvalue weighted by molar-refractivity contribution is 5.95. The SMILES string of the molecule is CCOC(=O)C1CCCCN1C(=O)c1cc(N)n[nH]1. The number of hydrogen-bond donors (Lipinski definition) is 2. The van der Waals surface area contributed by atoms with Gasteiger partial charge in [-0.3, -0.25) is 9.89 Å². The van der Waals surface area contributed by atoms with Gasteiger partial charge in [0.25, 0.3) is 5.91 Å². The van der Waals surface area contributed by atoms with Gasteiger partial charge < -0.3 is 15.4 Å². The van der Waals surface area contributed by atoms with Crippen LogP contribution in [0, 0.1) is 0 Å². The molecule has 1 aromatic heterocycles. The second-order valence-electron chi connectivity index (χ2n) is 4.47. The first-order chi connectivity index (χ1) is 9.13. The van der Waals surface area contributed by atoms with Crippen molar-refractivity contribution >= 4 is 17.7 Å². The quantitative estimate of drug-likeness (QED) is 0.778. The monoisotopic (exact) mass is 266 g/mol. The molecule has 0 bridgehead atoms. The second kappa shape index (κ2) is 5.73. The molecule has 7 heteroatoms. The Morgan fingerprint density at radius 2 is 2.37 bits per heavy atom. The van der Waals surface area contributed by atoms with Gasteiger partial charge in [0, 0.05) is 12.6 Å². The maximum absolute atomic E-state index is 12.3. The molecule has 0 saturated carbocycles. The molecule has 7 nitrogen and oxygen atoms in total. The number of nitrogens with one attached hydrogen (secondary N) is 1. The third-order valence-electron chi connectivity index (χ3n) is 3.15. The van der Waals surface area contributed by atoms with E-state index in [4.69, 9.17) is 10.5 Å². The van der Waals surface area contributed by atoms with Crippen molar-refractivity contribution in [2.45, 2.75) is 32.2 Å². The van der Waals surface area contributed by atoms with Crippen LogP contribution >= 0.6 is 0 Å². The number of likely N-dealkylation sites (tertiary alicyclic amines) is 1.